The highest BCUT2D eigenvalue weighted by molar-refractivity contribution is 8.18. The number of amidine groups is 1. The first kappa shape index (κ1) is 21.0. The van der Waals surface area contributed by atoms with Crippen LogP contribution in [0.15, 0.2) is 52.9 Å². The van der Waals surface area contributed by atoms with E-state index in [0.29, 0.717) is 45.1 Å². The number of hydrogen-bond acceptors (Lipinski definition) is 5. The summed E-state index contributed by atoms with van der Waals surface area (Å²) < 4.78 is 5.52. The van der Waals surface area contributed by atoms with Gasteiger partial charge in [0.05, 0.1) is 17.2 Å². The lowest BCUT2D eigenvalue weighted by molar-refractivity contribution is -0.115. The zero-order valence-corrected chi connectivity index (χ0v) is 17.7. The van der Waals surface area contributed by atoms with Crippen LogP contribution in [-0.4, -0.2) is 22.8 Å². The number of hydrogen-bond donors (Lipinski definition) is 2. The van der Waals surface area contributed by atoms with E-state index in [1.807, 2.05) is 26.0 Å². The number of halogens is 1. The Morgan fingerprint density at radius 3 is 2.86 bits per heavy atom. The van der Waals surface area contributed by atoms with Gasteiger partial charge in [-0.3, -0.25) is 4.79 Å². The lowest BCUT2D eigenvalue weighted by Gasteiger charge is -2.11. The second-order valence-electron chi connectivity index (χ2n) is 6.37. The normalized spacial score (nSPS) is 16.3. The molecule has 1 heterocycles. The number of nitrogens with one attached hydrogen (secondary N) is 1. The highest BCUT2D eigenvalue weighted by Gasteiger charge is 2.24. The van der Waals surface area contributed by atoms with Gasteiger partial charge < -0.3 is 15.2 Å². The summed E-state index contributed by atoms with van der Waals surface area (Å²) in [6.45, 7) is 7.92. The number of aryl methyl sites for hydroxylation is 1. The third kappa shape index (κ3) is 5.02. The molecule has 2 aromatic carbocycles. The summed E-state index contributed by atoms with van der Waals surface area (Å²) in [5, 5.41) is 14.2. The van der Waals surface area contributed by atoms with Crippen molar-refractivity contribution in [3.63, 3.8) is 0 Å². The second-order valence-corrected chi connectivity index (χ2v) is 7.83. The third-order valence-corrected chi connectivity index (χ3v) is 5.33. The van der Waals surface area contributed by atoms with Crippen molar-refractivity contribution in [1.82, 2.24) is 5.32 Å². The molecule has 0 unspecified atom stereocenters. The fourth-order valence-corrected chi connectivity index (χ4v) is 3.79. The number of carbonyl (C=O) groups is 1. The van der Waals surface area contributed by atoms with Crippen LogP contribution >= 0.6 is 23.4 Å². The Morgan fingerprint density at radius 1 is 1.34 bits per heavy atom. The first-order valence-electron chi connectivity index (χ1n) is 9.06. The number of amides is 1. The minimum absolute atomic E-state index is 0.0936. The molecular weight excluding hydrogens is 408 g/mol. The van der Waals surface area contributed by atoms with Gasteiger partial charge in [0, 0.05) is 10.6 Å². The van der Waals surface area contributed by atoms with Crippen molar-refractivity contribution >= 4 is 46.2 Å². The molecule has 0 saturated carbocycles. The van der Waals surface area contributed by atoms with Crippen LogP contribution in [-0.2, 0) is 11.2 Å². The molecule has 7 heteroatoms. The molecule has 1 amide bonds. The van der Waals surface area contributed by atoms with Crippen LogP contribution in [0, 0.1) is 6.92 Å². The number of thioether (sulfide) groups is 1. The molecule has 150 valence electrons. The number of phenols is 1. The van der Waals surface area contributed by atoms with Crippen molar-refractivity contribution in [1.29, 1.82) is 0 Å². The van der Waals surface area contributed by atoms with E-state index >= 15 is 0 Å². The predicted molar refractivity (Wildman–Crippen MR) is 120 cm³/mol. The van der Waals surface area contributed by atoms with E-state index < -0.39 is 0 Å². The van der Waals surface area contributed by atoms with Crippen LogP contribution in [0.25, 0.3) is 6.08 Å². The summed E-state index contributed by atoms with van der Waals surface area (Å²) in [6, 6.07) is 8.97. The quantitative estimate of drug-likeness (QED) is 0.479. The number of nitrogens with zero attached hydrogens (tertiary/aromatic N) is 1. The average molecular weight is 429 g/mol. The van der Waals surface area contributed by atoms with Crippen molar-refractivity contribution in [2.45, 2.75) is 20.3 Å². The molecule has 0 aromatic heterocycles. The molecule has 0 radical (unpaired) electrons. The number of aliphatic imine (C=N–C) groups is 1. The van der Waals surface area contributed by atoms with Gasteiger partial charge in [-0.2, -0.15) is 0 Å². The third-order valence-electron chi connectivity index (χ3n) is 4.18. The number of benzene rings is 2. The Labute approximate surface area is 179 Å². The summed E-state index contributed by atoms with van der Waals surface area (Å²) in [4.78, 5) is 17.4. The van der Waals surface area contributed by atoms with Crippen molar-refractivity contribution in [3.05, 3.63) is 69.6 Å². The molecule has 2 aromatic rings. The highest BCUT2D eigenvalue weighted by atomic mass is 35.5. The minimum Gasteiger partial charge on any atom is -0.504 e. The van der Waals surface area contributed by atoms with E-state index in [-0.39, 0.29) is 11.7 Å². The first-order chi connectivity index (χ1) is 13.9. The molecule has 1 fully saturated rings. The van der Waals surface area contributed by atoms with Crippen LogP contribution in [0.1, 0.15) is 23.6 Å². The SMILES string of the molecule is C=CCc1cc(C=C2SC(=Nc3cc(Cl)ccc3C)NC2=O)cc(OCC)c1O. The Bertz CT molecular complexity index is 1030. The summed E-state index contributed by atoms with van der Waals surface area (Å²) in [7, 11) is 0. The lowest BCUT2D eigenvalue weighted by atomic mass is 10.1. The van der Waals surface area contributed by atoms with Crippen molar-refractivity contribution in [2.75, 3.05) is 6.61 Å². The molecule has 0 atom stereocenters. The van der Waals surface area contributed by atoms with E-state index in [0.717, 1.165) is 11.1 Å². The van der Waals surface area contributed by atoms with Crippen molar-refractivity contribution in [3.8, 4) is 11.5 Å². The zero-order valence-electron chi connectivity index (χ0n) is 16.2. The predicted octanol–water partition coefficient (Wildman–Crippen LogP) is 5.37. The zero-order chi connectivity index (χ0) is 21.0. The number of phenolic OH excluding ortho intramolecular Hbond substituents is 1. The molecule has 1 saturated heterocycles. The molecule has 0 spiro atoms. The van der Waals surface area contributed by atoms with E-state index in [9.17, 15) is 9.90 Å². The fourth-order valence-electron chi connectivity index (χ4n) is 2.79. The molecule has 1 aliphatic heterocycles. The van der Waals surface area contributed by atoms with Crippen LogP contribution in [0.4, 0.5) is 5.69 Å². The summed E-state index contributed by atoms with van der Waals surface area (Å²) in [5.74, 6) is 0.242. The minimum atomic E-state index is -0.232. The van der Waals surface area contributed by atoms with Crippen LogP contribution in [0.2, 0.25) is 5.02 Å². The largest absolute Gasteiger partial charge is 0.504 e. The van der Waals surface area contributed by atoms with Crippen LogP contribution in [0.5, 0.6) is 11.5 Å². The fraction of sp³-hybridized carbons (Fsp3) is 0.182. The summed E-state index contributed by atoms with van der Waals surface area (Å²) in [5.41, 5.74) is 3.10. The van der Waals surface area contributed by atoms with Gasteiger partial charge in [-0.15, -0.1) is 6.58 Å². The number of aromatic hydroxyl groups is 1. The topological polar surface area (TPSA) is 70.9 Å². The molecule has 1 aliphatic rings. The standard InChI is InChI=1S/C22H21ClN2O3S/c1-4-6-15-9-14(10-18(20(15)26)28-5-2)11-19-21(27)25-22(29-19)24-17-12-16(23)8-7-13(17)3/h4,7-12,26H,1,5-6H2,2-3H3,(H,24,25,27). The smallest absolute Gasteiger partial charge is 0.264 e. The van der Waals surface area contributed by atoms with Crippen molar-refractivity contribution in [2.24, 2.45) is 4.99 Å². The molecule has 0 aliphatic carbocycles. The van der Waals surface area contributed by atoms with Gasteiger partial charge in [-0.05, 0) is 73.5 Å². The second kappa shape index (κ2) is 9.20. The number of allylic oxidation sites excluding steroid dienone is 1. The van der Waals surface area contributed by atoms with E-state index in [1.54, 1.807) is 30.4 Å². The highest BCUT2D eigenvalue weighted by Crippen LogP contribution is 2.35. The van der Waals surface area contributed by atoms with Gasteiger partial charge in [0.15, 0.2) is 16.7 Å². The maximum absolute atomic E-state index is 12.4. The van der Waals surface area contributed by atoms with Gasteiger partial charge in [0.1, 0.15) is 0 Å². The first-order valence-corrected chi connectivity index (χ1v) is 10.3. The van der Waals surface area contributed by atoms with Gasteiger partial charge in [-0.25, -0.2) is 4.99 Å². The maximum atomic E-state index is 12.4. The average Bonchev–Trinajstić information content (AvgIpc) is 3.01. The molecule has 3 rings (SSSR count). The van der Waals surface area contributed by atoms with E-state index in [1.165, 1.54) is 11.8 Å². The molecule has 5 nitrogen and oxygen atoms in total. The monoisotopic (exact) mass is 428 g/mol. The van der Waals surface area contributed by atoms with Gasteiger partial charge in [-0.1, -0.05) is 23.7 Å². The summed E-state index contributed by atoms with van der Waals surface area (Å²) >= 11 is 7.30. The Hall–Kier alpha value is -2.70. The Morgan fingerprint density at radius 2 is 2.14 bits per heavy atom. The van der Waals surface area contributed by atoms with Crippen LogP contribution < -0.4 is 10.1 Å². The Balaban J connectivity index is 1.93. The van der Waals surface area contributed by atoms with E-state index in [4.69, 9.17) is 16.3 Å². The maximum Gasteiger partial charge on any atom is 0.264 e. The van der Waals surface area contributed by atoms with E-state index in [2.05, 4.69) is 16.9 Å². The summed E-state index contributed by atoms with van der Waals surface area (Å²) in [6.07, 6.45) is 3.95. The van der Waals surface area contributed by atoms with Gasteiger partial charge in [0.2, 0.25) is 0 Å². The number of rotatable bonds is 6. The molecular formula is C22H21ClN2O3S. The number of ether oxygens (including phenoxy) is 1. The van der Waals surface area contributed by atoms with Crippen molar-refractivity contribution < 1.29 is 14.6 Å². The molecule has 0 bridgehead atoms. The molecule has 2 N–H and O–H groups in total. The lowest BCUT2D eigenvalue weighted by Crippen LogP contribution is -2.19. The number of carbonyl (C=O) groups excluding carboxylic acids is 1. The van der Waals surface area contributed by atoms with Crippen LogP contribution in [0.3, 0.4) is 0 Å². The molecule has 29 heavy (non-hydrogen) atoms. The van der Waals surface area contributed by atoms with Gasteiger partial charge >= 0.3 is 0 Å². The Kier molecular flexibility index (Phi) is 6.67. The van der Waals surface area contributed by atoms with Gasteiger partial charge in [0.25, 0.3) is 5.91 Å².